The second kappa shape index (κ2) is 6.87. The van der Waals surface area contributed by atoms with E-state index in [1.165, 1.54) is 0 Å². The number of carbonyl (C=O) groups excluding carboxylic acids is 1. The first-order chi connectivity index (χ1) is 10.5. The Balaban J connectivity index is 2.41. The fourth-order valence-electron chi connectivity index (χ4n) is 1.99. The lowest BCUT2D eigenvalue weighted by atomic mass is 9.98. The molecule has 0 saturated carbocycles. The third-order valence-electron chi connectivity index (χ3n) is 3.05. The van der Waals surface area contributed by atoms with E-state index in [2.05, 4.69) is 5.32 Å². The quantitative estimate of drug-likeness (QED) is 0.513. The maximum absolute atomic E-state index is 12.7. The van der Waals surface area contributed by atoms with E-state index in [1.54, 1.807) is 30.3 Å². The Labute approximate surface area is 132 Å². The van der Waals surface area contributed by atoms with Crippen molar-refractivity contribution in [2.75, 3.05) is 5.32 Å². The monoisotopic (exact) mass is 316 g/mol. The summed E-state index contributed by atoms with van der Waals surface area (Å²) in [5, 5.41) is 13.5. The van der Waals surface area contributed by atoms with Crippen molar-refractivity contribution in [3.8, 4) is 0 Å². The van der Waals surface area contributed by atoms with E-state index in [4.69, 9.17) is 11.6 Å². The third-order valence-corrected chi connectivity index (χ3v) is 3.29. The van der Waals surface area contributed by atoms with Gasteiger partial charge in [-0.3, -0.25) is 14.9 Å². The Morgan fingerprint density at radius 3 is 2.64 bits per heavy atom. The van der Waals surface area contributed by atoms with Crippen molar-refractivity contribution in [2.24, 2.45) is 0 Å². The molecule has 0 radical (unpaired) electrons. The Kier molecular flexibility index (Phi) is 4.91. The molecule has 0 aliphatic rings. The lowest BCUT2D eigenvalue weighted by Gasteiger charge is -2.10. The number of nitrogens with zero attached hydrogens (tertiary/aromatic N) is 1. The molecule has 0 aliphatic carbocycles. The normalized spacial score (nSPS) is 10.6. The van der Waals surface area contributed by atoms with Crippen LogP contribution in [0.1, 0.15) is 21.5 Å². The molecule has 0 aliphatic heterocycles. The number of halogens is 1. The van der Waals surface area contributed by atoms with Gasteiger partial charge in [0.25, 0.3) is 0 Å². The predicted octanol–water partition coefficient (Wildman–Crippen LogP) is 4.04. The Bertz CT molecular complexity index is 757. The molecular weight excluding hydrogens is 304 g/mol. The molecule has 1 N–H and O–H groups in total. The highest BCUT2D eigenvalue weighted by molar-refractivity contribution is 6.31. The maximum atomic E-state index is 12.7. The summed E-state index contributed by atoms with van der Waals surface area (Å²) in [6.07, 6.45) is 1.93. The molecule has 112 valence electrons. The van der Waals surface area contributed by atoms with Gasteiger partial charge in [-0.25, -0.2) is 0 Å². The second-order valence-corrected chi connectivity index (χ2v) is 5.02. The lowest BCUT2D eigenvalue weighted by molar-refractivity contribution is -0.402. The average Bonchev–Trinajstić information content (AvgIpc) is 2.48. The number of nitrogens with one attached hydrogen (secondary N) is 1. The molecule has 2 rings (SSSR count). The summed E-state index contributed by atoms with van der Waals surface area (Å²) in [5.74, 6) is -0.197. The highest BCUT2D eigenvalue weighted by Crippen LogP contribution is 2.24. The fourth-order valence-corrected chi connectivity index (χ4v) is 2.16. The highest BCUT2D eigenvalue weighted by atomic mass is 35.5. The predicted molar refractivity (Wildman–Crippen MR) is 85.8 cm³/mol. The van der Waals surface area contributed by atoms with Crippen LogP contribution >= 0.6 is 11.6 Å². The molecule has 2 aromatic rings. The summed E-state index contributed by atoms with van der Waals surface area (Å²) in [6, 6.07) is 12.0. The van der Waals surface area contributed by atoms with Gasteiger partial charge in [-0.2, -0.15) is 0 Å². The molecule has 2 aromatic carbocycles. The topological polar surface area (TPSA) is 72.2 Å². The number of carbonyl (C=O) groups is 1. The first kappa shape index (κ1) is 15.7. The van der Waals surface area contributed by atoms with Crippen LogP contribution in [-0.2, 0) is 0 Å². The van der Waals surface area contributed by atoms with Gasteiger partial charge in [0.15, 0.2) is 5.78 Å². The van der Waals surface area contributed by atoms with Crippen LogP contribution in [0.2, 0.25) is 5.02 Å². The van der Waals surface area contributed by atoms with Crippen LogP contribution in [0.5, 0.6) is 0 Å². The average molecular weight is 317 g/mol. The van der Waals surface area contributed by atoms with Crippen LogP contribution in [0.15, 0.2) is 54.9 Å². The number of nitro groups is 1. The maximum Gasteiger partial charge on any atom is 0.250 e. The zero-order valence-corrected chi connectivity index (χ0v) is 12.5. The van der Waals surface area contributed by atoms with Crippen LogP contribution in [0.4, 0.5) is 5.69 Å². The second-order valence-electron chi connectivity index (χ2n) is 4.58. The van der Waals surface area contributed by atoms with Crippen molar-refractivity contribution in [2.45, 2.75) is 6.92 Å². The number of benzene rings is 2. The first-order valence-corrected chi connectivity index (χ1v) is 6.83. The molecule has 6 heteroatoms. The molecule has 0 amide bonds. The number of hydrogen-bond donors (Lipinski definition) is 1. The van der Waals surface area contributed by atoms with Crippen LogP contribution in [0.3, 0.4) is 0 Å². The minimum atomic E-state index is -0.592. The molecule has 0 saturated heterocycles. The molecule has 0 heterocycles. The van der Waals surface area contributed by atoms with E-state index in [0.29, 0.717) is 21.8 Å². The number of anilines is 1. The van der Waals surface area contributed by atoms with E-state index in [0.717, 1.165) is 18.0 Å². The van der Waals surface area contributed by atoms with Crippen molar-refractivity contribution >= 4 is 23.1 Å². The van der Waals surface area contributed by atoms with Gasteiger partial charge in [0.2, 0.25) is 6.20 Å². The van der Waals surface area contributed by atoms with Gasteiger partial charge >= 0.3 is 0 Å². The van der Waals surface area contributed by atoms with E-state index < -0.39 is 4.92 Å². The zero-order chi connectivity index (χ0) is 16.1. The molecule has 5 nitrogen and oxygen atoms in total. The summed E-state index contributed by atoms with van der Waals surface area (Å²) in [4.78, 5) is 22.4. The summed E-state index contributed by atoms with van der Waals surface area (Å²) >= 11 is 5.97. The van der Waals surface area contributed by atoms with Gasteiger partial charge < -0.3 is 5.32 Å². The summed E-state index contributed by atoms with van der Waals surface area (Å²) in [7, 11) is 0. The molecule has 22 heavy (non-hydrogen) atoms. The molecule has 0 atom stereocenters. The Hall–Kier alpha value is -2.66. The van der Waals surface area contributed by atoms with Crippen molar-refractivity contribution in [1.82, 2.24) is 0 Å². The summed E-state index contributed by atoms with van der Waals surface area (Å²) in [6.45, 7) is 1.84. The number of rotatable bonds is 5. The van der Waals surface area contributed by atoms with Crippen LogP contribution in [0.25, 0.3) is 0 Å². The molecule has 0 aromatic heterocycles. The van der Waals surface area contributed by atoms with E-state index in [1.807, 2.05) is 19.1 Å². The minimum Gasteiger partial charge on any atom is -0.356 e. The summed E-state index contributed by atoms with van der Waals surface area (Å²) in [5.41, 5.74) is 2.22. The number of hydrogen-bond acceptors (Lipinski definition) is 4. The van der Waals surface area contributed by atoms with Gasteiger partial charge in [0, 0.05) is 21.8 Å². The molecule has 0 fully saturated rings. The van der Waals surface area contributed by atoms with E-state index >= 15 is 0 Å². The SMILES string of the molecule is Cc1ccccc1C(=O)c1cc(Cl)ccc1N/C=C/[N+](=O)[O-]. The van der Waals surface area contributed by atoms with Gasteiger partial charge in [-0.15, -0.1) is 0 Å². The van der Waals surface area contributed by atoms with Crippen LogP contribution in [-0.4, -0.2) is 10.7 Å². The number of aryl methyl sites for hydroxylation is 1. The van der Waals surface area contributed by atoms with Crippen molar-refractivity contribution in [3.63, 3.8) is 0 Å². The van der Waals surface area contributed by atoms with Gasteiger partial charge in [-0.05, 0) is 30.7 Å². The van der Waals surface area contributed by atoms with Crippen molar-refractivity contribution in [1.29, 1.82) is 0 Å². The molecular formula is C16H13ClN2O3. The lowest BCUT2D eigenvalue weighted by Crippen LogP contribution is -2.07. The van der Waals surface area contributed by atoms with Gasteiger partial charge in [0.05, 0.1) is 11.1 Å². The van der Waals surface area contributed by atoms with E-state index in [9.17, 15) is 14.9 Å². The van der Waals surface area contributed by atoms with Gasteiger partial charge in [0.1, 0.15) is 0 Å². The molecule has 0 bridgehead atoms. The minimum absolute atomic E-state index is 0.197. The van der Waals surface area contributed by atoms with Crippen LogP contribution < -0.4 is 5.32 Å². The Morgan fingerprint density at radius 1 is 1.23 bits per heavy atom. The highest BCUT2D eigenvalue weighted by Gasteiger charge is 2.15. The van der Waals surface area contributed by atoms with Crippen molar-refractivity contribution < 1.29 is 9.72 Å². The third kappa shape index (κ3) is 3.71. The van der Waals surface area contributed by atoms with Gasteiger partial charge in [-0.1, -0.05) is 35.9 Å². The largest absolute Gasteiger partial charge is 0.356 e. The molecule has 0 unspecified atom stereocenters. The fraction of sp³-hybridized carbons (Fsp3) is 0.0625. The number of ketones is 1. The Morgan fingerprint density at radius 2 is 1.95 bits per heavy atom. The standard InChI is InChI=1S/C16H13ClN2O3/c1-11-4-2-3-5-13(11)16(20)14-10-12(17)6-7-15(14)18-8-9-19(21)22/h2-10,18H,1H3/b9-8+. The van der Waals surface area contributed by atoms with Crippen molar-refractivity contribution in [3.05, 3.63) is 86.7 Å². The summed E-state index contributed by atoms with van der Waals surface area (Å²) < 4.78 is 0. The van der Waals surface area contributed by atoms with E-state index in [-0.39, 0.29) is 5.78 Å². The smallest absolute Gasteiger partial charge is 0.250 e. The first-order valence-electron chi connectivity index (χ1n) is 6.45. The zero-order valence-electron chi connectivity index (χ0n) is 11.7. The molecule has 0 spiro atoms. The van der Waals surface area contributed by atoms with Crippen LogP contribution in [0, 0.1) is 17.0 Å².